The van der Waals surface area contributed by atoms with Crippen molar-refractivity contribution >= 4 is 33.0 Å². The van der Waals surface area contributed by atoms with Crippen molar-refractivity contribution in [1.29, 1.82) is 5.26 Å². The molecule has 4 aromatic rings. The van der Waals surface area contributed by atoms with E-state index in [1.807, 2.05) is 6.07 Å². The van der Waals surface area contributed by atoms with Crippen LogP contribution in [0.25, 0.3) is 22.3 Å². The van der Waals surface area contributed by atoms with Crippen LogP contribution in [0.2, 0.25) is 0 Å². The van der Waals surface area contributed by atoms with Crippen molar-refractivity contribution in [2.75, 3.05) is 11.9 Å². The second-order valence-corrected chi connectivity index (χ2v) is 12.1. The topological polar surface area (TPSA) is 140 Å². The number of carbonyl (C=O) groups is 1. The van der Waals surface area contributed by atoms with Gasteiger partial charge in [-0.05, 0) is 51.3 Å². The molecule has 1 N–H and O–H groups in total. The third kappa shape index (κ3) is 6.03. The molecule has 14 heteroatoms. The number of nitrogens with zero attached hydrogens (tertiary/aromatic N) is 5. The van der Waals surface area contributed by atoms with Crippen molar-refractivity contribution in [2.45, 2.75) is 56.6 Å². The summed E-state index contributed by atoms with van der Waals surface area (Å²) in [5.41, 5.74) is -0.727. The summed E-state index contributed by atoms with van der Waals surface area (Å²) in [6.45, 7) is 3.79. The molecular weight excluding hydrogens is 585 g/mol. The highest BCUT2D eigenvalue weighted by atomic mass is 32.2. The number of alkyl halides is 3. The van der Waals surface area contributed by atoms with E-state index in [9.17, 15) is 31.6 Å². The quantitative estimate of drug-likeness (QED) is 0.269. The molecule has 0 aliphatic heterocycles. The first-order valence-electron chi connectivity index (χ1n) is 13.5. The van der Waals surface area contributed by atoms with Crippen molar-refractivity contribution in [3.8, 4) is 17.3 Å². The minimum Gasteiger partial charge on any atom is -0.466 e. The first kappa shape index (κ1) is 30.0. The zero-order valence-corrected chi connectivity index (χ0v) is 24.0. The Labute approximate surface area is 245 Å². The molecule has 5 rings (SSSR count). The van der Waals surface area contributed by atoms with E-state index in [-0.39, 0.29) is 63.2 Å². The number of nitrogens with one attached hydrogen (secondary N) is 1. The number of pyridine rings is 1. The van der Waals surface area contributed by atoms with Gasteiger partial charge in [0.05, 0.1) is 40.4 Å². The molecule has 0 spiro atoms. The number of nitriles is 1. The fourth-order valence-corrected chi connectivity index (χ4v) is 6.47. The van der Waals surface area contributed by atoms with E-state index in [1.54, 1.807) is 26.0 Å². The van der Waals surface area contributed by atoms with Gasteiger partial charge in [0.2, 0.25) is 5.95 Å². The number of rotatable bonds is 7. The van der Waals surface area contributed by atoms with Crippen LogP contribution in [0.15, 0.2) is 53.8 Å². The summed E-state index contributed by atoms with van der Waals surface area (Å²) in [4.78, 5) is 24.7. The summed E-state index contributed by atoms with van der Waals surface area (Å²) in [6.07, 6.45) is 0.747. The molecule has 10 nitrogen and oxygen atoms in total. The van der Waals surface area contributed by atoms with Crippen LogP contribution in [0.1, 0.15) is 49.3 Å². The van der Waals surface area contributed by atoms with Gasteiger partial charge in [-0.3, -0.25) is 4.79 Å². The Balaban J connectivity index is 1.62. The Morgan fingerprint density at radius 1 is 1.19 bits per heavy atom. The molecule has 1 aliphatic rings. The molecule has 3 heterocycles. The van der Waals surface area contributed by atoms with Gasteiger partial charge in [-0.25, -0.2) is 27.3 Å². The Bertz CT molecular complexity index is 1830. The monoisotopic (exact) mass is 612 g/mol. The lowest BCUT2D eigenvalue weighted by molar-refractivity contribution is -0.149. The minimum atomic E-state index is -4.76. The largest absolute Gasteiger partial charge is 0.466 e. The number of anilines is 1. The highest BCUT2D eigenvalue weighted by Gasteiger charge is 2.34. The molecule has 43 heavy (non-hydrogen) atoms. The molecule has 0 unspecified atom stereocenters. The normalized spacial score (nSPS) is 17.4. The van der Waals surface area contributed by atoms with E-state index in [0.717, 1.165) is 28.2 Å². The summed E-state index contributed by atoms with van der Waals surface area (Å²) in [5, 5.41) is 12.8. The molecular formula is C29H27F3N6O4S. The molecule has 1 fully saturated rings. The Kier molecular flexibility index (Phi) is 8.11. The lowest BCUT2D eigenvalue weighted by atomic mass is 9.86. The molecule has 1 saturated carbocycles. The van der Waals surface area contributed by atoms with Gasteiger partial charge in [-0.15, -0.1) is 0 Å². The minimum absolute atomic E-state index is 0.0423. The van der Waals surface area contributed by atoms with Gasteiger partial charge in [0, 0.05) is 29.4 Å². The average Bonchev–Trinajstić information content (AvgIpc) is 3.37. The standard InChI is InChI=1S/C29H27F3N6O4S/c1-3-42-27(39)18-5-4-6-21(11-18)36-28-35-14-19(13-33)25(37-28)24-16-38(43(40,41)22-9-7-17(2)8-10-22)26-23(24)12-20(15-34-26)29(30,31)32/h7-10,12,14-16,18,21H,3-6,11H2,1-2H3,(H,35,36,37)/t18-,21+/m0/s1. The van der Waals surface area contributed by atoms with Crippen LogP contribution in [-0.2, 0) is 25.7 Å². The van der Waals surface area contributed by atoms with Gasteiger partial charge in [0.15, 0.2) is 5.65 Å². The highest BCUT2D eigenvalue weighted by molar-refractivity contribution is 7.90. The van der Waals surface area contributed by atoms with Crippen LogP contribution in [0, 0.1) is 24.2 Å². The molecule has 0 saturated heterocycles. The van der Waals surface area contributed by atoms with Crippen molar-refractivity contribution < 1.29 is 31.1 Å². The maximum atomic E-state index is 13.7. The molecule has 2 atom stereocenters. The van der Waals surface area contributed by atoms with Crippen LogP contribution < -0.4 is 5.32 Å². The van der Waals surface area contributed by atoms with Crippen molar-refractivity contribution in [3.63, 3.8) is 0 Å². The fourth-order valence-electron chi connectivity index (χ4n) is 5.15. The number of aromatic nitrogens is 4. The first-order valence-corrected chi connectivity index (χ1v) is 15.0. The molecule has 3 aromatic heterocycles. The summed E-state index contributed by atoms with van der Waals surface area (Å²) in [6, 6.07) is 8.51. The molecule has 0 bridgehead atoms. The molecule has 0 radical (unpaired) electrons. The lowest BCUT2D eigenvalue weighted by Gasteiger charge is -2.28. The third-order valence-electron chi connectivity index (χ3n) is 7.31. The van der Waals surface area contributed by atoms with E-state index >= 15 is 0 Å². The second-order valence-electron chi connectivity index (χ2n) is 10.3. The fraction of sp³-hybridized carbons (Fsp3) is 0.345. The van der Waals surface area contributed by atoms with Gasteiger partial charge in [0.25, 0.3) is 10.0 Å². The predicted molar refractivity (Wildman–Crippen MR) is 150 cm³/mol. The molecule has 0 amide bonds. The van der Waals surface area contributed by atoms with Crippen LogP contribution >= 0.6 is 0 Å². The Hall–Kier alpha value is -4.51. The zero-order chi connectivity index (χ0) is 30.9. The zero-order valence-electron chi connectivity index (χ0n) is 23.2. The van der Waals surface area contributed by atoms with Gasteiger partial charge in [-0.2, -0.15) is 18.4 Å². The second kappa shape index (κ2) is 11.6. The lowest BCUT2D eigenvalue weighted by Crippen LogP contribution is -2.32. The van der Waals surface area contributed by atoms with E-state index < -0.39 is 21.8 Å². The molecule has 1 aromatic carbocycles. The molecule has 1 aliphatic carbocycles. The predicted octanol–water partition coefficient (Wildman–Crippen LogP) is 5.46. The average molecular weight is 613 g/mol. The van der Waals surface area contributed by atoms with E-state index in [2.05, 4.69) is 20.3 Å². The SMILES string of the molecule is CCOC(=O)[C@H]1CCC[C@@H](Nc2ncc(C#N)c(-c3cn(S(=O)(=O)c4ccc(C)cc4)c4ncc(C(F)(F)F)cc34)n2)C1. The number of hydrogen-bond acceptors (Lipinski definition) is 9. The third-order valence-corrected chi connectivity index (χ3v) is 8.97. The van der Waals surface area contributed by atoms with Gasteiger partial charge in [0.1, 0.15) is 6.07 Å². The maximum absolute atomic E-state index is 13.7. The van der Waals surface area contributed by atoms with Gasteiger partial charge < -0.3 is 10.1 Å². The summed E-state index contributed by atoms with van der Waals surface area (Å²) < 4.78 is 74.4. The summed E-state index contributed by atoms with van der Waals surface area (Å²) >= 11 is 0. The van der Waals surface area contributed by atoms with Crippen LogP contribution in [0.3, 0.4) is 0 Å². The number of esters is 1. The van der Waals surface area contributed by atoms with Crippen LogP contribution in [-0.4, -0.2) is 46.0 Å². The van der Waals surface area contributed by atoms with Crippen LogP contribution in [0.4, 0.5) is 19.1 Å². The number of aryl methyl sites for hydroxylation is 1. The van der Waals surface area contributed by atoms with Crippen molar-refractivity contribution in [1.82, 2.24) is 18.9 Å². The maximum Gasteiger partial charge on any atom is 0.417 e. The Morgan fingerprint density at radius 2 is 1.93 bits per heavy atom. The van der Waals surface area contributed by atoms with E-state index in [1.165, 1.54) is 18.3 Å². The van der Waals surface area contributed by atoms with Gasteiger partial charge >= 0.3 is 12.1 Å². The number of ether oxygens (including phenoxy) is 1. The van der Waals surface area contributed by atoms with E-state index in [4.69, 9.17) is 4.74 Å². The van der Waals surface area contributed by atoms with Crippen LogP contribution in [0.5, 0.6) is 0 Å². The van der Waals surface area contributed by atoms with E-state index in [0.29, 0.717) is 25.5 Å². The highest BCUT2D eigenvalue weighted by Crippen LogP contribution is 2.37. The summed E-state index contributed by atoms with van der Waals surface area (Å²) in [5.74, 6) is -0.516. The van der Waals surface area contributed by atoms with Gasteiger partial charge in [-0.1, -0.05) is 24.1 Å². The first-order chi connectivity index (χ1) is 20.4. The number of hydrogen-bond donors (Lipinski definition) is 1. The smallest absolute Gasteiger partial charge is 0.417 e. The summed E-state index contributed by atoms with van der Waals surface area (Å²) in [7, 11) is -4.30. The number of carbonyl (C=O) groups excluding carboxylic acids is 1. The number of fused-ring (bicyclic) bond motifs is 1. The number of halogens is 3. The van der Waals surface area contributed by atoms with Crippen molar-refractivity contribution in [2.24, 2.45) is 5.92 Å². The molecule has 224 valence electrons. The Morgan fingerprint density at radius 3 is 2.60 bits per heavy atom. The number of benzene rings is 1. The van der Waals surface area contributed by atoms with Crippen molar-refractivity contribution in [3.05, 3.63) is 65.6 Å².